The molecule has 2 N–H and O–H groups in total. The molecule has 1 aromatic heterocycles. The van der Waals surface area contributed by atoms with E-state index in [0.29, 0.717) is 10.9 Å². The number of halogens is 2. The Morgan fingerprint density at radius 3 is 2.67 bits per heavy atom. The number of benzene rings is 1. The van der Waals surface area contributed by atoms with Crippen LogP contribution in [0.3, 0.4) is 0 Å². The average molecular weight is 369 g/mol. The summed E-state index contributed by atoms with van der Waals surface area (Å²) in [6.07, 6.45) is 6.36. The van der Waals surface area contributed by atoms with Crippen molar-refractivity contribution in [1.29, 1.82) is 0 Å². The van der Waals surface area contributed by atoms with Crippen LogP contribution >= 0.6 is 27.5 Å². The molecule has 1 aliphatic carbocycles. The summed E-state index contributed by atoms with van der Waals surface area (Å²) in [7, 11) is 2.01. The highest BCUT2D eigenvalue weighted by Gasteiger charge is 2.23. The fraction of sp³-hybridized carbons (Fsp3) is 0.438. The topological polar surface area (TPSA) is 43.8 Å². The largest absolute Gasteiger partial charge is 0.383 e. The van der Waals surface area contributed by atoms with E-state index in [4.69, 9.17) is 22.3 Å². The van der Waals surface area contributed by atoms with E-state index in [2.05, 4.69) is 15.9 Å². The lowest BCUT2D eigenvalue weighted by atomic mass is 9.89. The van der Waals surface area contributed by atoms with E-state index < -0.39 is 0 Å². The highest BCUT2D eigenvalue weighted by Crippen LogP contribution is 2.37. The fourth-order valence-corrected chi connectivity index (χ4v) is 3.61. The Balaban J connectivity index is 2.01. The molecule has 21 heavy (non-hydrogen) atoms. The average Bonchev–Trinajstić information content (AvgIpc) is 2.79. The van der Waals surface area contributed by atoms with Gasteiger partial charge in [-0.1, -0.05) is 36.9 Å². The predicted octanol–water partition coefficient (Wildman–Crippen LogP) is 5.13. The normalized spacial score (nSPS) is 16.3. The van der Waals surface area contributed by atoms with Crippen LogP contribution in [0.1, 0.15) is 43.8 Å². The Labute approximate surface area is 138 Å². The van der Waals surface area contributed by atoms with Gasteiger partial charge in [0.25, 0.3) is 0 Å². The molecule has 0 bridgehead atoms. The van der Waals surface area contributed by atoms with Gasteiger partial charge in [-0.05, 0) is 40.9 Å². The van der Waals surface area contributed by atoms with Crippen LogP contribution in [0.15, 0.2) is 22.7 Å². The van der Waals surface area contributed by atoms with Crippen molar-refractivity contribution >= 4 is 33.3 Å². The quantitative estimate of drug-likeness (QED) is 0.798. The number of imidazole rings is 1. The molecule has 1 fully saturated rings. The molecule has 0 atom stereocenters. The van der Waals surface area contributed by atoms with Gasteiger partial charge in [-0.2, -0.15) is 0 Å². The number of rotatable bonds is 2. The Hall–Kier alpha value is -1.00. The second-order valence-corrected chi connectivity index (χ2v) is 6.99. The van der Waals surface area contributed by atoms with Crippen molar-refractivity contribution in [1.82, 2.24) is 9.55 Å². The van der Waals surface area contributed by atoms with Crippen LogP contribution in [0, 0.1) is 0 Å². The lowest BCUT2D eigenvalue weighted by molar-refractivity contribution is 0.422. The molecule has 3 rings (SSSR count). The van der Waals surface area contributed by atoms with Crippen LogP contribution in [0.5, 0.6) is 0 Å². The standard InChI is InChI=1S/C16H19BrClN3/c1-21-15(19)14(11-7-8-13(18)12(17)9-11)20-16(21)10-5-3-2-4-6-10/h7-10H,2-6,19H2,1H3. The molecule has 0 amide bonds. The SMILES string of the molecule is Cn1c(C2CCCCC2)nc(-c2ccc(Cl)c(Br)c2)c1N. The van der Waals surface area contributed by atoms with Crippen molar-refractivity contribution in [2.45, 2.75) is 38.0 Å². The van der Waals surface area contributed by atoms with Crippen molar-refractivity contribution in [2.75, 3.05) is 5.73 Å². The molecule has 1 aliphatic rings. The summed E-state index contributed by atoms with van der Waals surface area (Å²) >= 11 is 9.52. The lowest BCUT2D eigenvalue weighted by Crippen LogP contribution is -2.11. The Morgan fingerprint density at radius 1 is 1.29 bits per heavy atom. The van der Waals surface area contributed by atoms with E-state index in [1.165, 1.54) is 32.1 Å². The van der Waals surface area contributed by atoms with Crippen molar-refractivity contribution < 1.29 is 0 Å². The van der Waals surface area contributed by atoms with Gasteiger partial charge in [0, 0.05) is 23.0 Å². The van der Waals surface area contributed by atoms with E-state index >= 15 is 0 Å². The summed E-state index contributed by atoms with van der Waals surface area (Å²) in [6, 6.07) is 5.82. The zero-order chi connectivity index (χ0) is 15.0. The maximum Gasteiger partial charge on any atom is 0.131 e. The number of hydrogen-bond donors (Lipinski definition) is 1. The molecule has 1 heterocycles. The smallest absolute Gasteiger partial charge is 0.131 e. The predicted molar refractivity (Wildman–Crippen MR) is 91.6 cm³/mol. The number of aromatic nitrogens is 2. The van der Waals surface area contributed by atoms with E-state index in [1.807, 2.05) is 29.8 Å². The molecule has 0 unspecified atom stereocenters. The first-order valence-electron chi connectivity index (χ1n) is 7.35. The second-order valence-electron chi connectivity index (χ2n) is 5.73. The number of nitrogen functional groups attached to an aromatic ring is 1. The highest BCUT2D eigenvalue weighted by molar-refractivity contribution is 9.10. The van der Waals surface area contributed by atoms with Gasteiger partial charge >= 0.3 is 0 Å². The van der Waals surface area contributed by atoms with E-state index in [1.54, 1.807) is 0 Å². The third kappa shape index (κ3) is 2.84. The summed E-state index contributed by atoms with van der Waals surface area (Å²) < 4.78 is 2.92. The van der Waals surface area contributed by atoms with Gasteiger partial charge in [0.15, 0.2) is 0 Å². The van der Waals surface area contributed by atoms with Crippen LogP contribution in [-0.2, 0) is 7.05 Å². The third-order valence-corrected chi connectivity index (χ3v) is 5.55. The molecule has 5 heteroatoms. The van der Waals surface area contributed by atoms with Crippen molar-refractivity contribution in [3.63, 3.8) is 0 Å². The molecule has 1 aromatic carbocycles. The lowest BCUT2D eigenvalue weighted by Gasteiger charge is -2.21. The first-order chi connectivity index (χ1) is 10.1. The number of nitrogens with zero attached hydrogens (tertiary/aromatic N) is 2. The zero-order valence-electron chi connectivity index (χ0n) is 12.1. The summed E-state index contributed by atoms with van der Waals surface area (Å²) in [6.45, 7) is 0. The monoisotopic (exact) mass is 367 g/mol. The minimum Gasteiger partial charge on any atom is -0.383 e. The van der Waals surface area contributed by atoms with Gasteiger partial charge in [0.2, 0.25) is 0 Å². The second kappa shape index (κ2) is 6.01. The summed E-state index contributed by atoms with van der Waals surface area (Å²) in [4.78, 5) is 4.85. The van der Waals surface area contributed by atoms with Gasteiger partial charge in [-0.3, -0.25) is 0 Å². The van der Waals surface area contributed by atoms with Crippen LogP contribution < -0.4 is 5.73 Å². The minimum absolute atomic E-state index is 0.538. The molecule has 112 valence electrons. The molecule has 0 spiro atoms. The molecular weight excluding hydrogens is 350 g/mol. The molecule has 0 aliphatic heterocycles. The van der Waals surface area contributed by atoms with Crippen molar-refractivity contribution in [3.8, 4) is 11.3 Å². The molecule has 3 nitrogen and oxygen atoms in total. The Morgan fingerprint density at radius 2 is 2.00 bits per heavy atom. The summed E-state index contributed by atoms with van der Waals surface area (Å²) in [5.41, 5.74) is 8.14. The Kier molecular flexibility index (Phi) is 4.27. The molecule has 0 radical (unpaired) electrons. The minimum atomic E-state index is 0.538. The number of hydrogen-bond acceptors (Lipinski definition) is 2. The van der Waals surface area contributed by atoms with Crippen LogP contribution in [0.25, 0.3) is 11.3 Å². The molecule has 2 aromatic rings. The van der Waals surface area contributed by atoms with E-state index in [9.17, 15) is 0 Å². The molecule has 0 saturated heterocycles. The maximum atomic E-state index is 6.28. The first kappa shape index (κ1) is 14.9. The van der Waals surface area contributed by atoms with Gasteiger partial charge in [-0.15, -0.1) is 0 Å². The third-order valence-electron chi connectivity index (χ3n) is 4.34. The summed E-state index contributed by atoms with van der Waals surface area (Å²) in [5.74, 6) is 2.38. The molecule has 1 saturated carbocycles. The summed E-state index contributed by atoms with van der Waals surface area (Å²) in [5, 5.41) is 0.695. The van der Waals surface area contributed by atoms with Crippen LogP contribution in [0.4, 0.5) is 5.82 Å². The van der Waals surface area contributed by atoms with Gasteiger partial charge in [0.1, 0.15) is 17.3 Å². The van der Waals surface area contributed by atoms with Gasteiger partial charge in [-0.25, -0.2) is 4.98 Å². The highest BCUT2D eigenvalue weighted by atomic mass is 79.9. The van der Waals surface area contributed by atoms with E-state index in [-0.39, 0.29) is 0 Å². The first-order valence-corrected chi connectivity index (χ1v) is 8.52. The Bertz CT molecular complexity index is 660. The number of anilines is 1. The van der Waals surface area contributed by atoms with Crippen molar-refractivity contribution in [3.05, 3.63) is 33.5 Å². The van der Waals surface area contributed by atoms with Crippen LogP contribution in [-0.4, -0.2) is 9.55 Å². The van der Waals surface area contributed by atoms with Gasteiger partial charge in [0.05, 0.1) is 5.02 Å². The zero-order valence-corrected chi connectivity index (χ0v) is 14.4. The number of nitrogens with two attached hydrogens (primary N) is 1. The van der Waals surface area contributed by atoms with E-state index in [0.717, 1.165) is 27.4 Å². The van der Waals surface area contributed by atoms with Gasteiger partial charge < -0.3 is 10.3 Å². The maximum absolute atomic E-state index is 6.28. The van der Waals surface area contributed by atoms with Crippen LogP contribution in [0.2, 0.25) is 5.02 Å². The van der Waals surface area contributed by atoms with Crippen molar-refractivity contribution in [2.24, 2.45) is 7.05 Å². The molecular formula is C16H19BrClN3. The fourth-order valence-electron chi connectivity index (χ4n) is 3.11.